The van der Waals surface area contributed by atoms with Gasteiger partial charge in [-0.05, 0) is 24.3 Å². The van der Waals surface area contributed by atoms with Crippen LogP contribution in [0.5, 0.6) is 0 Å². The van der Waals surface area contributed by atoms with Crippen molar-refractivity contribution < 1.29 is 19.8 Å². The molecule has 188 valence electrons. The van der Waals surface area contributed by atoms with E-state index in [1.54, 1.807) is 12.1 Å². The van der Waals surface area contributed by atoms with Crippen LogP contribution >= 0.6 is 0 Å². The van der Waals surface area contributed by atoms with E-state index in [0.717, 1.165) is 0 Å². The third-order valence-corrected chi connectivity index (χ3v) is 6.32. The van der Waals surface area contributed by atoms with Crippen molar-refractivity contribution in [3.8, 4) is 0 Å². The van der Waals surface area contributed by atoms with Crippen molar-refractivity contribution in [3.63, 3.8) is 0 Å². The lowest BCUT2D eigenvalue weighted by molar-refractivity contribution is 0.0687. The van der Waals surface area contributed by atoms with Crippen LogP contribution in [0.1, 0.15) is 20.7 Å². The zero-order valence-electron chi connectivity index (χ0n) is 19.1. The lowest BCUT2D eigenvalue weighted by Crippen LogP contribution is -2.18. The molecule has 8 N–H and O–H groups in total. The van der Waals surface area contributed by atoms with Crippen molar-refractivity contribution in [1.29, 1.82) is 0 Å². The smallest absolute Gasteiger partial charge is 0.337 e. The molecule has 0 saturated heterocycles. The number of fused-ring (bicyclic) bond motifs is 6. The zero-order chi connectivity index (χ0) is 27.5. The first-order valence-corrected chi connectivity index (χ1v) is 10.9. The molecule has 0 spiro atoms. The van der Waals surface area contributed by atoms with E-state index in [9.17, 15) is 28.8 Å². The zero-order valence-corrected chi connectivity index (χ0v) is 19.1. The van der Waals surface area contributed by atoms with Crippen LogP contribution in [-0.4, -0.2) is 32.1 Å². The van der Waals surface area contributed by atoms with E-state index in [1.807, 2.05) is 0 Å². The lowest BCUT2D eigenvalue weighted by atomic mass is 10.00. The molecule has 2 aromatic heterocycles. The Labute approximate surface area is 209 Å². The standard InChI is InChI=1S/C14H6N2O4.C12H10N2O4/c17-11-7-3-1-5-6(10(7)16-13(11)19)2-4-8-9(5)15-14(20)12(8)18;13-9-5-1-3-7(11(15)16)10(14)6(5)2-4-8(9)12(17)18/h1-4H,(H,15,18,20)(H,16,17,19);1-4H,13-14H2,(H,15,16)(H,17,18). The summed E-state index contributed by atoms with van der Waals surface area (Å²) >= 11 is 0. The summed E-state index contributed by atoms with van der Waals surface area (Å²) in [6.45, 7) is 0. The minimum Gasteiger partial charge on any atom is -0.478 e. The Bertz CT molecular complexity index is 2040. The van der Waals surface area contributed by atoms with Crippen LogP contribution in [0.25, 0.3) is 43.4 Å². The van der Waals surface area contributed by atoms with Crippen LogP contribution in [-0.2, 0) is 0 Å². The molecule has 2 heterocycles. The number of rotatable bonds is 2. The second-order valence-electron chi connectivity index (χ2n) is 8.40. The van der Waals surface area contributed by atoms with Gasteiger partial charge in [0.25, 0.3) is 22.0 Å². The second-order valence-corrected chi connectivity index (χ2v) is 8.40. The molecule has 12 nitrogen and oxygen atoms in total. The minimum atomic E-state index is -1.14. The van der Waals surface area contributed by atoms with Gasteiger partial charge in [-0.3, -0.25) is 19.2 Å². The predicted octanol–water partition coefficient (Wildman–Crippen LogP) is 1.52. The van der Waals surface area contributed by atoms with Gasteiger partial charge in [0.05, 0.1) is 44.3 Å². The topological polar surface area (TPSA) is 226 Å². The summed E-state index contributed by atoms with van der Waals surface area (Å²) in [6, 6.07) is 11.8. The number of nitrogens with two attached hydrogens (primary N) is 2. The lowest BCUT2D eigenvalue weighted by Gasteiger charge is -2.09. The van der Waals surface area contributed by atoms with Crippen molar-refractivity contribution in [1.82, 2.24) is 9.97 Å². The highest BCUT2D eigenvalue weighted by atomic mass is 16.4. The molecule has 0 radical (unpaired) electrons. The summed E-state index contributed by atoms with van der Waals surface area (Å²) in [5, 5.41) is 20.6. The molecule has 6 rings (SSSR count). The summed E-state index contributed by atoms with van der Waals surface area (Å²) < 4.78 is 0. The van der Waals surface area contributed by atoms with Gasteiger partial charge in [0.2, 0.25) is 0 Å². The summed E-state index contributed by atoms with van der Waals surface area (Å²) in [5.74, 6) is -2.29. The fourth-order valence-electron chi connectivity index (χ4n) is 4.46. The van der Waals surface area contributed by atoms with Crippen molar-refractivity contribution >= 4 is 66.7 Å². The number of aromatic nitrogens is 2. The third kappa shape index (κ3) is 3.47. The van der Waals surface area contributed by atoms with Gasteiger partial charge in [-0.1, -0.05) is 24.3 Å². The monoisotopic (exact) mass is 512 g/mol. The molecule has 6 aromatic rings. The number of nitrogen functional groups attached to an aromatic ring is 2. The number of hydrogen-bond acceptors (Lipinski definition) is 8. The Hall–Kier alpha value is -5.78. The number of anilines is 2. The highest BCUT2D eigenvalue weighted by Gasteiger charge is 2.16. The average molecular weight is 512 g/mol. The third-order valence-electron chi connectivity index (χ3n) is 6.32. The molecule has 0 amide bonds. The summed E-state index contributed by atoms with van der Waals surface area (Å²) in [4.78, 5) is 73.0. The number of carbonyl (C=O) groups is 2. The number of carboxylic acids is 2. The largest absolute Gasteiger partial charge is 0.478 e. The number of H-pyrrole nitrogens is 2. The minimum absolute atomic E-state index is 0.0371. The normalized spacial score (nSPS) is 11.2. The summed E-state index contributed by atoms with van der Waals surface area (Å²) in [5.41, 5.74) is 9.88. The van der Waals surface area contributed by atoms with Crippen molar-refractivity contribution in [2.75, 3.05) is 11.5 Å². The predicted molar refractivity (Wildman–Crippen MR) is 142 cm³/mol. The molecule has 38 heavy (non-hydrogen) atoms. The summed E-state index contributed by atoms with van der Waals surface area (Å²) in [6.07, 6.45) is 0. The molecule has 0 atom stereocenters. The highest BCUT2D eigenvalue weighted by Crippen LogP contribution is 2.31. The fourth-order valence-corrected chi connectivity index (χ4v) is 4.46. The molecule has 0 aliphatic rings. The SMILES string of the molecule is Nc1c(C(=O)O)ccc2c(N)c(C(=O)O)ccc12.O=c1[nH]c2c(ccc3c2ccc2c(=O)c(=O)[nH]c23)c1=O. The van der Waals surface area contributed by atoms with Crippen LogP contribution < -0.4 is 33.4 Å². The van der Waals surface area contributed by atoms with Gasteiger partial charge in [-0.25, -0.2) is 9.59 Å². The quantitative estimate of drug-likeness (QED) is 0.145. The Kier molecular flexibility index (Phi) is 5.30. The van der Waals surface area contributed by atoms with Crippen LogP contribution in [0.2, 0.25) is 0 Å². The van der Waals surface area contributed by atoms with Crippen molar-refractivity contribution in [2.24, 2.45) is 0 Å². The van der Waals surface area contributed by atoms with Crippen LogP contribution in [0.3, 0.4) is 0 Å². The van der Waals surface area contributed by atoms with E-state index < -0.39 is 33.9 Å². The molecule has 12 heteroatoms. The Morgan fingerprint density at radius 3 is 1.18 bits per heavy atom. The van der Waals surface area contributed by atoms with E-state index in [-0.39, 0.29) is 22.5 Å². The van der Waals surface area contributed by atoms with Crippen molar-refractivity contribution in [3.05, 3.63) is 101 Å². The summed E-state index contributed by atoms with van der Waals surface area (Å²) in [7, 11) is 0. The molecule has 0 fully saturated rings. The molecule has 0 aliphatic carbocycles. The van der Waals surface area contributed by atoms with Gasteiger partial charge < -0.3 is 31.6 Å². The first kappa shape index (κ1) is 23.9. The first-order valence-electron chi connectivity index (χ1n) is 10.9. The maximum Gasteiger partial charge on any atom is 0.337 e. The molecule has 0 bridgehead atoms. The van der Waals surface area contributed by atoms with Gasteiger partial charge >= 0.3 is 11.9 Å². The van der Waals surface area contributed by atoms with E-state index >= 15 is 0 Å². The Balaban J connectivity index is 0.000000156. The Morgan fingerprint density at radius 2 is 0.842 bits per heavy atom. The molecule has 0 saturated carbocycles. The fraction of sp³-hybridized carbons (Fsp3) is 0. The van der Waals surface area contributed by atoms with E-state index in [0.29, 0.717) is 43.4 Å². The highest BCUT2D eigenvalue weighted by molar-refractivity contribution is 6.15. The molecule has 0 unspecified atom stereocenters. The van der Waals surface area contributed by atoms with Gasteiger partial charge in [0.1, 0.15) is 0 Å². The van der Waals surface area contributed by atoms with Crippen LogP contribution in [0.4, 0.5) is 11.4 Å². The van der Waals surface area contributed by atoms with E-state index in [2.05, 4.69) is 9.97 Å². The number of carboxylic acid groups (broad SMARTS) is 2. The van der Waals surface area contributed by atoms with Crippen LogP contribution in [0.15, 0.2) is 67.7 Å². The van der Waals surface area contributed by atoms with Gasteiger partial charge in [0.15, 0.2) is 0 Å². The Morgan fingerprint density at radius 1 is 0.526 bits per heavy atom. The van der Waals surface area contributed by atoms with Gasteiger partial charge in [-0.2, -0.15) is 0 Å². The number of aromatic carboxylic acids is 2. The number of nitrogens with one attached hydrogen (secondary N) is 2. The second kappa shape index (κ2) is 8.41. The van der Waals surface area contributed by atoms with E-state index in [4.69, 9.17) is 21.7 Å². The first-order chi connectivity index (χ1) is 18.0. The maximum atomic E-state index is 11.6. The van der Waals surface area contributed by atoms with Gasteiger partial charge in [0, 0.05) is 21.5 Å². The molecular weight excluding hydrogens is 496 g/mol. The molecule has 0 aliphatic heterocycles. The maximum absolute atomic E-state index is 11.6. The molecular formula is C26H16N4O8. The number of benzene rings is 4. The average Bonchev–Trinajstić information content (AvgIpc) is 3.34. The van der Waals surface area contributed by atoms with Crippen molar-refractivity contribution in [2.45, 2.75) is 0 Å². The van der Waals surface area contributed by atoms with E-state index in [1.165, 1.54) is 36.4 Å². The molecule has 4 aromatic carbocycles. The number of hydrogen-bond donors (Lipinski definition) is 6. The van der Waals surface area contributed by atoms with Crippen LogP contribution in [0, 0.1) is 0 Å². The van der Waals surface area contributed by atoms with Gasteiger partial charge in [-0.15, -0.1) is 0 Å². The number of aromatic amines is 2.